The fraction of sp³-hybridized carbons (Fsp3) is 0.500. The normalized spacial score (nSPS) is 19.9. The van der Waals surface area contributed by atoms with Gasteiger partial charge in [0.2, 0.25) is 5.91 Å². The predicted molar refractivity (Wildman–Crippen MR) is 78.0 cm³/mol. The summed E-state index contributed by atoms with van der Waals surface area (Å²) in [6.45, 7) is 0.796. The number of aliphatic hydroxyl groups excluding tert-OH is 1. The Morgan fingerprint density at radius 1 is 1.45 bits per heavy atom. The number of hydrogen-bond donors (Lipinski definition) is 2. The van der Waals surface area contributed by atoms with Crippen molar-refractivity contribution in [1.82, 2.24) is 5.32 Å². The summed E-state index contributed by atoms with van der Waals surface area (Å²) in [4.78, 5) is 11.7. The molecular weight excluding hydrogens is 301 g/mol. The zero-order valence-electron chi connectivity index (χ0n) is 10.9. The molecule has 0 unspecified atom stereocenters. The molecule has 110 valence electrons. The zero-order valence-corrected chi connectivity index (χ0v) is 12.5. The summed E-state index contributed by atoms with van der Waals surface area (Å²) in [6.07, 6.45) is 1.30. The average Bonchev–Trinajstić information content (AvgIpc) is 2.89. The van der Waals surface area contributed by atoms with Crippen LogP contribution in [0.2, 0.25) is 10.0 Å². The Balaban J connectivity index is 1.85. The van der Waals surface area contributed by atoms with Crippen molar-refractivity contribution >= 4 is 29.1 Å². The lowest BCUT2D eigenvalue weighted by molar-refractivity contribution is -0.123. The van der Waals surface area contributed by atoms with E-state index in [1.807, 2.05) is 0 Å². The van der Waals surface area contributed by atoms with E-state index in [0.29, 0.717) is 22.0 Å². The monoisotopic (exact) mass is 317 g/mol. The molecule has 0 radical (unpaired) electrons. The molecule has 0 saturated carbocycles. The predicted octanol–water partition coefficient (Wildman–Crippen LogP) is 2.71. The second kappa shape index (κ2) is 7.27. The number of benzene rings is 1. The number of ether oxygens (including phenoxy) is 1. The zero-order chi connectivity index (χ0) is 14.5. The van der Waals surface area contributed by atoms with E-state index in [1.165, 1.54) is 0 Å². The third-order valence-electron chi connectivity index (χ3n) is 3.26. The molecule has 1 aromatic rings. The van der Waals surface area contributed by atoms with E-state index >= 15 is 0 Å². The number of hydrogen-bond acceptors (Lipinski definition) is 3. The number of rotatable bonds is 5. The largest absolute Gasteiger partial charge is 0.386 e. The number of halogens is 2. The quantitative estimate of drug-likeness (QED) is 0.877. The first-order chi connectivity index (χ1) is 9.58. The first kappa shape index (κ1) is 15.6. The van der Waals surface area contributed by atoms with Crippen molar-refractivity contribution in [2.24, 2.45) is 0 Å². The second-order valence-corrected chi connectivity index (χ2v) is 5.61. The third-order valence-corrected chi connectivity index (χ3v) is 3.92. The molecule has 6 heteroatoms. The topological polar surface area (TPSA) is 58.6 Å². The molecule has 1 aliphatic rings. The highest BCUT2D eigenvalue weighted by atomic mass is 35.5. The van der Waals surface area contributed by atoms with Gasteiger partial charge in [-0.1, -0.05) is 29.3 Å². The van der Waals surface area contributed by atoms with Crippen LogP contribution >= 0.6 is 23.2 Å². The van der Waals surface area contributed by atoms with Crippen LogP contribution in [0.15, 0.2) is 18.2 Å². The van der Waals surface area contributed by atoms with Crippen molar-refractivity contribution in [1.29, 1.82) is 0 Å². The van der Waals surface area contributed by atoms with Crippen LogP contribution in [0.4, 0.5) is 0 Å². The highest BCUT2D eigenvalue weighted by Gasteiger charge is 2.20. The summed E-state index contributed by atoms with van der Waals surface area (Å²) < 4.78 is 5.39. The lowest BCUT2D eigenvalue weighted by Gasteiger charge is -2.16. The Bertz CT molecular complexity index is 455. The Morgan fingerprint density at radius 2 is 2.15 bits per heavy atom. The van der Waals surface area contributed by atoms with Crippen LogP contribution in [0, 0.1) is 0 Å². The molecule has 2 N–H and O–H groups in total. The van der Waals surface area contributed by atoms with Crippen LogP contribution in [0.3, 0.4) is 0 Å². The van der Waals surface area contributed by atoms with Crippen LogP contribution < -0.4 is 5.32 Å². The van der Waals surface area contributed by atoms with E-state index in [-0.39, 0.29) is 18.6 Å². The van der Waals surface area contributed by atoms with Crippen LogP contribution in [0.25, 0.3) is 0 Å². The Hall–Kier alpha value is -0.810. The van der Waals surface area contributed by atoms with E-state index in [9.17, 15) is 9.90 Å². The van der Waals surface area contributed by atoms with Crippen molar-refractivity contribution in [2.75, 3.05) is 13.2 Å². The maximum atomic E-state index is 11.7. The summed E-state index contributed by atoms with van der Waals surface area (Å²) in [5.41, 5.74) is 0.438. The minimum absolute atomic E-state index is 0.00366. The average molecular weight is 318 g/mol. The summed E-state index contributed by atoms with van der Waals surface area (Å²) in [5.74, 6) is -0.140. The molecule has 1 heterocycles. The van der Waals surface area contributed by atoms with Gasteiger partial charge in [0.05, 0.1) is 18.6 Å². The Kier molecular flexibility index (Phi) is 5.66. The standard InChI is InChI=1S/C14H17Cl2NO3/c15-10-4-1-5-11(16)14(10)12(18)8-17-13(19)7-9-3-2-6-20-9/h1,4-5,9,12,18H,2-3,6-8H2,(H,17,19)/t9-,12+/m1/s1. The van der Waals surface area contributed by atoms with E-state index in [0.717, 1.165) is 19.4 Å². The molecule has 2 atom stereocenters. The highest BCUT2D eigenvalue weighted by molar-refractivity contribution is 6.36. The molecule has 0 aliphatic carbocycles. The molecule has 1 fully saturated rings. The van der Waals surface area contributed by atoms with E-state index in [1.54, 1.807) is 18.2 Å². The molecule has 0 aromatic heterocycles. The molecule has 0 bridgehead atoms. The Labute approximate surface area is 128 Å². The van der Waals surface area contributed by atoms with Crippen LogP contribution in [-0.4, -0.2) is 30.3 Å². The van der Waals surface area contributed by atoms with Crippen LogP contribution in [0.5, 0.6) is 0 Å². The lowest BCUT2D eigenvalue weighted by atomic mass is 10.1. The van der Waals surface area contributed by atoms with Gasteiger partial charge in [-0.2, -0.15) is 0 Å². The van der Waals surface area contributed by atoms with E-state index in [4.69, 9.17) is 27.9 Å². The van der Waals surface area contributed by atoms with Gasteiger partial charge < -0.3 is 15.2 Å². The molecule has 1 aromatic carbocycles. The summed E-state index contributed by atoms with van der Waals surface area (Å²) in [6, 6.07) is 5.01. The molecule has 1 saturated heterocycles. The summed E-state index contributed by atoms with van der Waals surface area (Å²) in [7, 11) is 0. The fourth-order valence-corrected chi connectivity index (χ4v) is 2.88. The summed E-state index contributed by atoms with van der Waals surface area (Å²) >= 11 is 12.0. The van der Waals surface area contributed by atoms with Crippen molar-refractivity contribution in [3.63, 3.8) is 0 Å². The molecular formula is C14H17Cl2NO3. The van der Waals surface area contributed by atoms with Gasteiger partial charge >= 0.3 is 0 Å². The van der Waals surface area contributed by atoms with Crippen LogP contribution in [-0.2, 0) is 9.53 Å². The first-order valence-corrected chi connectivity index (χ1v) is 7.34. The van der Waals surface area contributed by atoms with Gasteiger partial charge in [0.15, 0.2) is 0 Å². The SMILES string of the molecule is O=C(C[C@H]1CCCO1)NC[C@H](O)c1c(Cl)cccc1Cl. The third kappa shape index (κ3) is 4.09. The van der Waals surface area contributed by atoms with Gasteiger partial charge in [0.25, 0.3) is 0 Å². The van der Waals surface area contributed by atoms with E-state index < -0.39 is 6.10 Å². The van der Waals surface area contributed by atoms with Gasteiger partial charge in [-0.25, -0.2) is 0 Å². The van der Waals surface area contributed by atoms with Gasteiger partial charge in [0, 0.05) is 28.8 Å². The minimum atomic E-state index is -0.926. The fourth-order valence-electron chi connectivity index (χ4n) is 2.23. The molecule has 1 amide bonds. The molecule has 0 spiro atoms. The van der Waals surface area contributed by atoms with Crippen molar-refractivity contribution in [2.45, 2.75) is 31.5 Å². The number of aliphatic hydroxyl groups is 1. The van der Waals surface area contributed by atoms with Gasteiger partial charge in [0.1, 0.15) is 0 Å². The van der Waals surface area contributed by atoms with Gasteiger partial charge in [-0.3, -0.25) is 4.79 Å². The smallest absolute Gasteiger partial charge is 0.222 e. The van der Waals surface area contributed by atoms with Crippen molar-refractivity contribution in [3.8, 4) is 0 Å². The summed E-state index contributed by atoms with van der Waals surface area (Å²) in [5, 5.41) is 13.5. The van der Waals surface area contributed by atoms with Crippen molar-refractivity contribution < 1.29 is 14.6 Å². The van der Waals surface area contributed by atoms with Crippen LogP contribution in [0.1, 0.15) is 30.9 Å². The maximum absolute atomic E-state index is 11.7. The molecule has 20 heavy (non-hydrogen) atoms. The van der Waals surface area contributed by atoms with E-state index in [2.05, 4.69) is 5.32 Å². The minimum Gasteiger partial charge on any atom is -0.386 e. The number of amides is 1. The number of carbonyl (C=O) groups excluding carboxylic acids is 1. The Morgan fingerprint density at radius 3 is 2.75 bits per heavy atom. The van der Waals surface area contributed by atoms with Gasteiger partial charge in [-0.15, -0.1) is 0 Å². The van der Waals surface area contributed by atoms with Crippen molar-refractivity contribution in [3.05, 3.63) is 33.8 Å². The second-order valence-electron chi connectivity index (χ2n) is 4.79. The number of carbonyl (C=O) groups is 1. The molecule has 1 aliphatic heterocycles. The first-order valence-electron chi connectivity index (χ1n) is 6.58. The van der Waals surface area contributed by atoms with Gasteiger partial charge in [-0.05, 0) is 25.0 Å². The highest BCUT2D eigenvalue weighted by Crippen LogP contribution is 2.29. The molecule has 4 nitrogen and oxygen atoms in total. The molecule has 2 rings (SSSR count). The number of nitrogens with one attached hydrogen (secondary N) is 1. The lowest BCUT2D eigenvalue weighted by Crippen LogP contribution is -2.31. The maximum Gasteiger partial charge on any atom is 0.222 e.